The maximum absolute atomic E-state index is 5.57. The minimum Gasteiger partial charge on any atom is -0.494 e. The monoisotopic (exact) mass is 422 g/mol. The molecule has 156 valence electrons. The number of pyridine rings is 1. The lowest BCUT2D eigenvalue weighted by atomic mass is 10.1. The van der Waals surface area contributed by atoms with Gasteiger partial charge in [0.1, 0.15) is 11.3 Å². The van der Waals surface area contributed by atoms with Crippen LogP contribution in [0.5, 0.6) is 5.75 Å². The van der Waals surface area contributed by atoms with Crippen molar-refractivity contribution in [2.75, 3.05) is 43.6 Å². The molecule has 1 unspecified atom stereocenters. The van der Waals surface area contributed by atoms with Crippen LogP contribution >= 0.6 is 12.2 Å². The van der Waals surface area contributed by atoms with Crippen molar-refractivity contribution >= 4 is 39.6 Å². The first-order valence-corrected chi connectivity index (χ1v) is 10.5. The molecule has 0 bridgehead atoms. The number of rotatable bonds is 5. The third-order valence-electron chi connectivity index (χ3n) is 5.32. The van der Waals surface area contributed by atoms with E-state index in [1.54, 1.807) is 13.3 Å². The standard InChI is InChI=1S/C23H26N4O2S/c1-16(17-5-7-18(8-6-17)27-12-14-29-15-13-27)25-23(30)26-20-9-10-21(28-2)22-19(20)4-3-11-24-22/h3-11,16H,12-15H2,1-2H3,(H2,25,26,30). The first kappa shape index (κ1) is 20.4. The molecule has 0 aliphatic carbocycles. The molecular formula is C23H26N4O2S. The van der Waals surface area contributed by atoms with E-state index in [1.807, 2.05) is 24.3 Å². The number of fused-ring (bicyclic) bond motifs is 1. The highest BCUT2D eigenvalue weighted by Crippen LogP contribution is 2.29. The summed E-state index contributed by atoms with van der Waals surface area (Å²) in [7, 11) is 1.65. The third-order valence-corrected chi connectivity index (χ3v) is 5.54. The molecule has 0 radical (unpaired) electrons. The first-order chi connectivity index (χ1) is 14.7. The average Bonchev–Trinajstić information content (AvgIpc) is 2.80. The van der Waals surface area contributed by atoms with Gasteiger partial charge in [0.05, 0.1) is 26.4 Å². The Morgan fingerprint density at radius 2 is 1.90 bits per heavy atom. The zero-order valence-electron chi connectivity index (χ0n) is 17.2. The second-order valence-corrected chi connectivity index (χ2v) is 7.63. The van der Waals surface area contributed by atoms with E-state index in [0.29, 0.717) is 5.11 Å². The Morgan fingerprint density at radius 1 is 1.13 bits per heavy atom. The zero-order chi connectivity index (χ0) is 20.9. The van der Waals surface area contributed by atoms with Crippen molar-refractivity contribution in [1.29, 1.82) is 0 Å². The normalized spacial score (nSPS) is 14.9. The van der Waals surface area contributed by atoms with E-state index >= 15 is 0 Å². The van der Waals surface area contributed by atoms with Gasteiger partial charge in [-0.15, -0.1) is 0 Å². The molecule has 7 heteroatoms. The molecule has 4 rings (SSSR count). The minimum absolute atomic E-state index is 0.0753. The van der Waals surface area contributed by atoms with Gasteiger partial charge in [0.15, 0.2) is 5.11 Å². The largest absolute Gasteiger partial charge is 0.494 e. The summed E-state index contributed by atoms with van der Waals surface area (Å²) in [5, 5.41) is 8.20. The third kappa shape index (κ3) is 4.47. The molecule has 0 saturated carbocycles. The van der Waals surface area contributed by atoms with Gasteiger partial charge < -0.3 is 25.0 Å². The number of hydrogen-bond acceptors (Lipinski definition) is 5. The topological polar surface area (TPSA) is 58.7 Å². The van der Waals surface area contributed by atoms with E-state index in [2.05, 4.69) is 51.7 Å². The molecule has 1 saturated heterocycles. The van der Waals surface area contributed by atoms with Crippen LogP contribution in [0.1, 0.15) is 18.5 Å². The second kappa shape index (κ2) is 9.28. The Morgan fingerprint density at radius 3 is 2.63 bits per heavy atom. The molecule has 1 fully saturated rings. The Balaban J connectivity index is 1.42. The van der Waals surface area contributed by atoms with Gasteiger partial charge in [-0.1, -0.05) is 12.1 Å². The molecular weight excluding hydrogens is 396 g/mol. The highest BCUT2D eigenvalue weighted by atomic mass is 32.1. The van der Waals surface area contributed by atoms with Crippen molar-refractivity contribution in [3.8, 4) is 5.75 Å². The minimum atomic E-state index is 0.0753. The number of nitrogens with one attached hydrogen (secondary N) is 2. The summed E-state index contributed by atoms with van der Waals surface area (Å²) in [5.41, 5.74) is 4.11. The number of aromatic nitrogens is 1. The Bertz CT molecular complexity index is 1020. The Kier molecular flexibility index (Phi) is 6.30. The summed E-state index contributed by atoms with van der Waals surface area (Å²) >= 11 is 5.57. The highest BCUT2D eigenvalue weighted by Gasteiger charge is 2.13. The van der Waals surface area contributed by atoms with Crippen LogP contribution < -0.4 is 20.3 Å². The average molecular weight is 423 g/mol. The Labute approximate surface area is 182 Å². The SMILES string of the molecule is COc1ccc(NC(=S)NC(C)c2ccc(N3CCOCC3)cc2)c2cccnc12. The molecule has 30 heavy (non-hydrogen) atoms. The number of benzene rings is 2. The van der Waals surface area contributed by atoms with Crippen molar-refractivity contribution < 1.29 is 9.47 Å². The molecule has 1 aliphatic rings. The van der Waals surface area contributed by atoms with Crippen LogP contribution in [-0.2, 0) is 4.74 Å². The van der Waals surface area contributed by atoms with E-state index in [9.17, 15) is 0 Å². The lowest BCUT2D eigenvalue weighted by Crippen LogP contribution is -2.36. The molecule has 1 atom stereocenters. The van der Waals surface area contributed by atoms with E-state index in [4.69, 9.17) is 21.7 Å². The van der Waals surface area contributed by atoms with Crippen LogP contribution in [-0.4, -0.2) is 43.5 Å². The molecule has 1 aromatic heterocycles. The van der Waals surface area contributed by atoms with Crippen molar-refractivity contribution in [3.63, 3.8) is 0 Å². The van der Waals surface area contributed by atoms with Crippen LogP contribution in [0, 0.1) is 0 Å². The van der Waals surface area contributed by atoms with Crippen LogP contribution in [0.2, 0.25) is 0 Å². The number of nitrogens with zero attached hydrogens (tertiary/aromatic N) is 2. The van der Waals surface area contributed by atoms with E-state index in [0.717, 1.165) is 48.6 Å². The number of hydrogen-bond donors (Lipinski definition) is 2. The summed E-state index contributed by atoms with van der Waals surface area (Å²) in [6.07, 6.45) is 1.76. The lowest BCUT2D eigenvalue weighted by molar-refractivity contribution is 0.122. The molecule has 0 spiro atoms. The lowest BCUT2D eigenvalue weighted by Gasteiger charge is -2.29. The summed E-state index contributed by atoms with van der Waals surface area (Å²) in [6, 6.07) is 16.5. The fraction of sp³-hybridized carbons (Fsp3) is 0.304. The van der Waals surface area contributed by atoms with Gasteiger partial charge in [-0.25, -0.2) is 0 Å². The van der Waals surface area contributed by atoms with Gasteiger partial charge in [0.2, 0.25) is 0 Å². The van der Waals surface area contributed by atoms with Crippen molar-refractivity contribution in [3.05, 3.63) is 60.3 Å². The number of ether oxygens (including phenoxy) is 2. The van der Waals surface area contributed by atoms with Crippen molar-refractivity contribution in [2.24, 2.45) is 0 Å². The number of anilines is 2. The van der Waals surface area contributed by atoms with Gasteiger partial charge in [0, 0.05) is 36.0 Å². The van der Waals surface area contributed by atoms with Gasteiger partial charge in [-0.2, -0.15) is 0 Å². The highest BCUT2D eigenvalue weighted by molar-refractivity contribution is 7.80. The van der Waals surface area contributed by atoms with Crippen molar-refractivity contribution in [1.82, 2.24) is 10.3 Å². The summed E-state index contributed by atoms with van der Waals surface area (Å²) in [6.45, 7) is 5.55. The molecule has 2 N–H and O–H groups in total. The molecule has 6 nitrogen and oxygen atoms in total. The molecule has 2 aromatic carbocycles. The quantitative estimate of drug-likeness (QED) is 0.600. The van der Waals surface area contributed by atoms with Crippen molar-refractivity contribution in [2.45, 2.75) is 13.0 Å². The van der Waals surface area contributed by atoms with Crippen LogP contribution in [0.15, 0.2) is 54.7 Å². The van der Waals surface area contributed by atoms with Gasteiger partial charge in [0.25, 0.3) is 0 Å². The van der Waals surface area contributed by atoms with Crippen LogP contribution in [0.3, 0.4) is 0 Å². The van der Waals surface area contributed by atoms with Crippen LogP contribution in [0.4, 0.5) is 11.4 Å². The summed E-state index contributed by atoms with van der Waals surface area (Å²) in [5.74, 6) is 0.740. The molecule has 0 amide bonds. The maximum atomic E-state index is 5.57. The number of thiocarbonyl (C=S) groups is 1. The molecule has 3 aromatic rings. The van der Waals surface area contributed by atoms with E-state index in [1.165, 1.54) is 11.3 Å². The first-order valence-electron chi connectivity index (χ1n) is 10.1. The van der Waals surface area contributed by atoms with Gasteiger partial charge >= 0.3 is 0 Å². The van der Waals surface area contributed by atoms with E-state index < -0.39 is 0 Å². The smallest absolute Gasteiger partial charge is 0.171 e. The number of methoxy groups -OCH3 is 1. The second-order valence-electron chi connectivity index (χ2n) is 7.23. The Hall–Kier alpha value is -2.90. The number of morpholine rings is 1. The zero-order valence-corrected chi connectivity index (χ0v) is 18.0. The van der Waals surface area contributed by atoms with Gasteiger partial charge in [-0.05, 0) is 61.1 Å². The van der Waals surface area contributed by atoms with Gasteiger partial charge in [-0.3, -0.25) is 4.98 Å². The fourth-order valence-electron chi connectivity index (χ4n) is 3.65. The molecule has 2 heterocycles. The predicted molar refractivity (Wildman–Crippen MR) is 126 cm³/mol. The van der Waals surface area contributed by atoms with E-state index in [-0.39, 0.29) is 6.04 Å². The predicted octanol–water partition coefficient (Wildman–Crippen LogP) is 4.13. The maximum Gasteiger partial charge on any atom is 0.171 e. The summed E-state index contributed by atoms with van der Waals surface area (Å²) in [4.78, 5) is 6.78. The van der Waals surface area contributed by atoms with Crippen LogP contribution in [0.25, 0.3) is 10.9 Å². The summed E-state index contributed by atoms with van der Waals surface area (Å²) < 4.78 is 10.8. The fourth-order valence-corrected chi connectivity index (χ4v) is 3.94. The molecule has 1 aliphatic heterocycles.